The lowest BCUT2D eigenvalue weighted by Crippen LogP contribution is -3.04. The second kappa shape index (κ2) is 7.63. The van der Waals surface area contributed by atoms with E-state index in [0.717, 1.165) is 39.9 Å². The van der Waals surface area contributed by atoms with Gasteiger partial charge in [0.1, 0.15) is 6.54 Å². The molecule has 1 heterocycles. The molecule has 0 saturated heterocycles. The van der Waals surface area contributed by atoms with E-state index < -0.39 is 0 Å². The van der Waals surface area contributed by atoms with E-state index in [-0.39, 0.29) is 18.2 Å². The molecule has 1 aromatic heterocycles. The predicted molar refractivity (Wildman–Crippen MR) is 108 cm³/mol. The maximum Gasteiger partial charge on any atom is 0.210 e. The highest BCUT2D eigenvalue weighted by Crippen LogP contribution is 2.43. The number of aromatic nitrogens is 1. The molecular formula is C22H22BrClN2O. The molecule has 0 radical (unpaired) electrons. The maximum absolute atomic E-state index is 13.2. The van der Waals surface area contributed by atoms with Crippen LogP contribution >= 0.6 is 15.9 Å². The van der Waals surface area contributed by atoms with Gasteiger partial charge >= 0.3 is 0 Å². The summed E-state index contributed by atoms with van der Waals surface area (Å²) >= 11 is 3.57. The molecule has 1 aliphatic rings. The Morgan fingerprint density at radius 3 is 2.41 bits per heavy atom. The minimum absolute atomic E-state index is 0. The molecule has 0 bridgehead atoms. The summed E-state index contributed by atoms with van der Waals surface area (Å²) in [5.41, 5.74) is 7.53. The quantitative estimate of drug-likeness (QED) is 0.486. The summed E-state index contributed by atoms with van der Waals surface area (Å²) in [7, 11) is 4.30. The topological polar surface area (TPSA) is 26.4 Å². The molecular weight excluding hydrogens is 424 g/mol. The number of carbonyl (C=O) groups excluding carboxylic acids is 1. The second-order valence-electron chi connectivity index (χ2n) is 7.26. The lowest BCUT2D eigenvalue weighted by molar-refractivity contribution is -0.872. The average Bonchev–Trinajstić information content (AvgIpc) is 3.03. The summed E-state index contributed by atoms with van der Waals surface area (Å²) in [5, 5.41) is 0. The lowest BCUT2D eigenvalue weighted by Gasteiger charge is -2.13. The van der Waals surface area contributed by atoms with E-state index in [1.54, 1.807) is 0 Å². The van der Waals surface area contributed by atoms with Gasteiger partial charge in [0, 0.05) is 33.4 Å². The summed E-state index contributed by atoms with van der Waals surface area (Å²) in [6, 6.07) is 16.3. The molecule has 0 atom stereocenters. The molecule has 1 N–H and O–H groups in total. The van der Waals surface area contributed by atoms with Gasteiger partial charge in [0.25, 0.3) is 0 Å². The van der Waals surface area contributed by atoms with Crippen molar-refractivity contribution in [3.8, 4) is 11.1 Å². The van der Waals surface area contributed by atoms with Crippen molar-refractivity contribution in [1.82, 2.24) is 4.57 Å². The Kier molecular flexibility index (Phi) is 5.61. The number of nitrogens with zero attached hydrogens (tertiary/aromatic N) is 1. The fourth-order valence-electron chi connectivity index (χ4n) is 3.90. The van der Waals surface area contributed by atoms with Gasteiger partial charge in [-0.2, -0.15) is 0 Å². The predicted octanol–water partition coefficient (Wildman–Crippen LogP) is 0.467. The van der Waals surface area contributed by atoms with Crippen LogP contribution in [0.4, 0.5) is 0 Å². The van der Waals surface area contributed by atoms with E-state index in [2.05, 4.69) is 59.7 Å². The molecule has 3 aromatic rings. The Balaban J connectivity index is 0.00000210. The van der Waals surface area contributed by atoms with Crippen molar-refractivity contribution >= 4 is 21.7 Å². The van der Waals surface area contributed by atoms with Crippen LogP contribution in [0, 0.1) is 6.92 Å². The summed E-state index contributed by atoms with van der Waals surface area (Å²) in [6.45, 7) is 3.76. The zero-order valence-corrected chi connectivity index (χ0v) is 18.0. The Morgan fingerprint density at radius 2 is 1.74 bits per heavy atom. The number of rotatable bonds is 4. The molecule has 5 heteroatoms. The third-order valence-electron chi connectivity index (χ3n) is 5.07. The maximum atomic E-state index is 13.2. The number of carbonyl (C=O) groups is 1. The van der Waals surface area contributed by atoms with Gasteiger partial charge in [-0.3, -0.25) is 4.79 Å². The van der Waals surface area contributed by atoms with E-state index in [1.807, 2.05) is 30.3 Å². The first-order chi connectivity index (χ1) is 12.5. The van der Waals surface area contributed by atoms with Gasteiger partial charge < -0.3 is 21.9 Å². The molecule has 27 heavy (non-hydrogen) atoms. The highest BCUT2D eigenvalue weighted by Gasteiger charge is 2.35. The number of ketones is 1. The Hall–Kier alpha value is -1.88. The summed E-state index contributed by atoms with van der Waals surface area (Å²) in [6.07, 6.45) is 0. The molecule has 3 nitrogen and oxygen atoms in total. The number of quaternary nitrogens is 1. The van der Waals surface area contributed by atoms with Crippen LogP contribution in [-0.4, -0.2) is 24.4 Å². The van der Waals surface area contributed by atoms with Crippen molar-refractivity contribution in [2.24, 2.45) is 0 Å². The molecule has 1 aliphatic carbocycles. The monoisotopic (exact) mass is 444 g/mol. The molecule has 140 valence electrons. The van der Waals surface area contributed by atoms with Gasteiger partial charge in [-0.05, 0) is 36.2 Å². The minimum Gasteiger partial charge on any atom is -1.00 e. The first-order valence-corrected chi connectivity index (χ1v) is 9.66. The summed E-state index contributed by atoms with van der Waals surface area (Å²) < 4.78 is 3.22. The van der Waals surface area contributed by atoms with Crippen LogP contribution in [0.3, 0.4) is 0 Å². The van der Waals surface area contributed by atoms with Crippen molar-refractivity contribution < 1.29 is 22.1 Å². The van der Waals surface area contributed by atoms with Crippen LogP contribution in [0.5, 0.6) is 0 Å². The first kappa shape index (κ1) is 19.9. The highest BCUT2D eigenvalue weighted by atomic mass is 79.9. The standard InChI is InChI=1S/C22H21BrN2O.ClH/c1-14-19(13-24(2)3)20-18-11-16(23)9-10-17(18)22(26)21(20)25(14)12-15-7-5-4-6-8-15;/h4-11H,12-13H2,1-3H3;1H. The largest absolute Gasteiger partial charge is 1.00 e. The molecule has 4 rings (SSSR count). The van der Waals surface area contributed by atoms with Crippen molar-refractivity contribution in [3.05, 3.63) is 81.1 Å². The van der Waals surface area contributed by atoms with Gasteiger partial charge in [-0.25, -0.2) is 0 Å². The molecule has 0 fully saturated rings. The minimum atomic E-state index is 0. The number of hydrogen-bond donors (Lipinski definition) is 1. The normalized spacial score (nSPS) is 12.1. The molecule has 2 aromatic carbocycles. The van der Waals surface area contributed by atoms with Crippen molar-refractivity contribution in [1.29, 1.82) is 0 Å². The number of nitrogens with one attached hydrogen (secondary N) is 1. The van der Waals surface area contributed by atoms with E-state index in [0.29, 0.717) is 0 Å². The SMILES string of the molecule is Cc1c(C[NH+](C)C)c2c(n1Cc1ccccc1)C(=O)c1ccc(Br)cc1-2.[Cl-]. The number of benzene rings is 2. The van der Waals surface area contributed by atoms with E-state index >= 15 is 0 Å². The van der Waals surface area contributed by atoms with Gasteiger partial charge in [-0.15, -0.1) is 0 Å². The van der Waals surface area contributed by atoms with Gasteiger partial charge in [0.2, 0.25) is 5.78 Å². The fourth-order valence-corrected chi connectivity index (χ4v) is 4.26. The third-order valence-corrected chi connectivity index (χ3v) is 5.57. The summed E-state index contributed by atoms with van der Waals surface area (Å²) in [4.78, 5) is 14.6. The number of hydrogen-bond acceptors (Lipinski definition) is 1. The zero-order chi connectivity index (χ0) is 18.4. The first-order valence-electron chi connectivity index (χ1n) is 8.87. The molecule has 0 spiro atoms. The van der Waals surface area contributed by atoms with Gasteiger partial charge in [0.05, 0.1) is 19.8 Å². The number of halogens is 2. The van der Waals surface area contributed by atoms with Gasteiger partial charge in [-0.1, -0.05) is 46.3 Å². The molecule has 0 aliphatic heterocycles. The second-order valence-corrected chi connectivity index (χ2v) is 8.18. The van der Waals surface area contributed by atoms with Crippen molar-refractivity contribution in [2.45, 2.75) is 20.0 Å². The molecule has 0 amide bonds. The van der Waals surface area contributed by atoms with E-state index in [1.165, 1.54) is 21.7 Å². The Labute approximate surface area is 174 Å². The van der Waals surface area contributed by atoms with Crippen molar-refractivity contribution in [2.75, 3.05) is 14.1 Å². The van der Waals surface area contributed by atoms with Crippen molar-refractivity contribution in [3.63, 3.8) is 0 Å². The van der Waals surface area contributed by atoms with Crippen LogP contribution in [0.15, 0.2) is 53.0 Å². The van der Waals surface area contributed by atoms with Crippen LogP contribution in [0.1, 0.15) is 32.9 Å². The summed E-state index contributed by atoms with van der Waals surface area (Å²) in [5.74, 6) is 0.140. The average molecular weight is 446 g/mol. The van der Waals surface area contributed by atoms with Gasteiger partial charge in [0.15, 0.2) is 0 Å². The van der Waals surface area contributed by atoms with E-state index in [9.17, 15) is 4.79 Å². The lowest BCUT2D eigenvalue weighted by atomic mass is 10.0. The van der Waals surface area contributed by atoms with Crippen LogP contribution in [0.25, 0.3) is 11.1 Å². The molecule has 0 saturated carbocycles. The highest BCUT2D eigenvalue weighted by molar-refractivity contribution is 9.10. The molecule has 0 unspecified atom stereocenters. The van der Waals surface area contributed by atoms with E-state index in [4.69, 9.17) is 0 Å². The number of fused-ring (bicyclic) bond motifs is 3. The Bertz CT molecular complexity index is 1010. The smallest absolute Gasteiger partial charge is 0.210 e. The van der Waals surface area contributed by atoms with Crippen LogP contribution in [-0.2, 0) is 13.1 Å². The Morgan fingerprint density at radius 1 is 1.04 bits per heavy atom. The van der Waals surface area contributed by atoms with Crippen LogP contribution in [0.2, 0.25) is 0 Å². The fraction of sp³-hybridized carbons (Fsp3) is 0.227. The van der Waals surface area contributed by atoms with Crippen LogP contribution < -0.4 is 17.3 Å². The zero-order valence-electron chi connectivity index (χ0n) is 15.6. The third kappa shape index (κ3) is 3.38.